The van der Waals surface area contributed by atoms with Crippen LogP contribution in [0.5, 0.6) is 0 Å². The molecule has 1 aromatic heterocycles. The third-order valence-electron chi connectivity index (χ3n) is 3.62. The van der Waals surface area contributed by atoms with E-state index in [0.717, 1.165) is 9.37 Å². The van der Waals surface area contributed by atoms with Crippen LogP contribution in [0.2, 0.25) is 5.02 Å². The Kier molecular flexibility index (Phi) is 7.08. The minimum Gasteiger partial charge on any atom is -0.447 e. The highest BCUT2D eigenvalue weighted by atomic mass is 79.9. The van der Waals surface area contributed by atoms with E-state index in [2.05, 4.69) is 26.5 Å². The number of nitrogens with one attached hydrogen (secondary N) is 1. The first-order valence-electron chi connectivity index (χ1n) is 8.19. The molecule has 29 heavy (non-hydrogen) atoms. The van der Waals surface area contributed by atoms with Crippen molar-refractivity contribution in [1.29, 1.82) is 0 Å². The molecule has 3 rings (SSSR count). The minimum atomic E-state index is -0.522. The number of benzene rings is 2. The first kappa shape index (κ1) is 21.1. The molecule has 0 aliphatic heterocycles. The third kappa shape index (κ3) is 5.93. The van der Waals surface area contributed by atoms with Crippen LogP contribution in [-0.4, -0.2) is 17.0 Å². The Morgan fingerprint density at radius 1 is 1.28 bits per heavy atom. The molecule has 0 atom stereocenters. The van der Waals surface area contributed by atoms with Crippen LogP contribution in [0.25, 0.3) is 0 Å². The van der Waals surface area contributed by atoms with Gasteiger partial charge in [0, 0.05) is 27.6 Å². The number of nitro groups is 1. The summed E-state index contributed by atoms with van der Waals surface area (Å²) < 4.78 is 6.43. The summed E-state index contributed by atoms with van der Waals surface area (Å²) in [5.41, 5.74) is 2.55. The zero-order valence-corrected chi connectivity index (χ0v) is 17.8. The molecular formula is C19H13BrClN3O4S. The number of carbonyl (C=O) groups excluding carboxylic acids is 1. The van der Waals surface area contributed by atoms with Crippen molar-refractivity contribution in [1.82, 2.24) is 5.43 Å². The van der Waals surface area contributed by atoms with Gasteiger partial charge in [0.2, 0.25) is 5.91 Å². The second kappa shape index (κ2) is 9.73. The smallest absolute Gasteiger partial charge is 0.273 e. The summed E-state index contributed by atoms with van der Waals surface area (Å²) in [7, 11) is 0. The average Bonchev–Trinajstić information content (AvgIpc) is 3.03. The van der Waals surface area contributed by atoms with E-state index in [-0.39, 0.29) is 12.1 Å². The maximum absolute atomic E-state index is 12.0. The molecule has 0 spiro atoms. The maximum Gasteiger partial charge on any atom is 0.273 e. The Labute approximate surface area is 183 Å². The van der Waals surface area contributed by atoms with E-state index in [0.29, 0.717) is 21.4 Å². The number of nitrogens with zero attached hydrogens (tertiary/aromatic N) is 2. The van der Waals surface area contributed by atoms with E-state index in [1.807, 2.05) is 12.1 Å². The number of furan rings is 1. The number of rotatable bonds is 7. The van der Waals surface area contributed by atoms with E-state index >= 15 is 0 Å². The Morgan fingerprint density at radius 3 is 2.72 bits per heavy atom. The normalized spacial score (nSPS) is 11.0. The zero-order chi connectivity index (χ0) is 20.8. The van der Waals surface area contributed by atoms with E-state index in [1.165, 1.54) is 30.1 Å². The molecule has 1 heterocycles. The molecular weight excluding hydrogens is 482 g/mol. The predicted octanol–water partition coefficient (Wildman–Crippen LogP) is 5.45. The zero-order valence-electron chi connectivity index (χ0n) is 14.7. The molecule has 0 aliphatic carbocycles. The molecule has 3 aromatic rings. The lowest BCUT2D eigenvalue weighted by Crippen LogP contribution is -2.20. The van der Waals surface area contributed by atoms with E-state index in [9.17, 15) is 14.9 Å². The Morgan fingerprint density at radius 2 is 2.00 bits per heavy atom. The molecule has 7 nitrogen and oxygen atoms in total. The van der Waals surface area contributed by atoms with Crippen molar-refractivity contribution in [3.8, 4) is 0 Å². The topological polar surface area (TPSA) is 97.7 Å². The van der Waals surface area contributed by atoms with Gasteiger partial charge in [-0.3, -0.25) is 14.9 Å². The third-order valence-corrected chi connectivity index (χ3v) is 5.72. The second-order valence-corrected chi connectivity index (χ2v) is 8.03. The van der Waals surface area contributed by atoms with Crippen molar-refractivity contribution in [2.75, 3.05) is 0 Å². The molecule has 1 N–H and O–H groups in total. The number of hydrogen-bond acceptors (Lipinski definition) is 6. The molecule has 0 aliphatic rings. The van der Waals surface area contributed by atoms with Gasteiger partial charge in [0.05, 0.1) is 22.0 Å². The molecule has 2 aromatic carbocycles. The number of amides is 1. The molecule has 0 saturated heterocycles. The summed E-state index contributed by atoms with van der Waals surface area (Å²) in [6.07, 6.45) is 1.20. The summed E-state index contributed by atoms with van der Waals surface area (Å²) in [6.45, 7) is 0. The SMILES string of the molecule is O=C(Cc1ccccc1[N+](=O)[O-])N/N=C\c1cc(Br)c(Sc2ccc(Cl)cc2)o1. The van der Waals surface area contributed by atoms with Crippen LogP contribution in [0.3, 0.4) is 0 Å². The molecule has 0 fully saturated rings. The maximum atomic E-state index is 12.0. The van der Waals surface area contributed by atoms with Gasteiger partial charge in [-0.05, 0) is 40.2 Å². The standard InChI is InChI=1S/C19H13BrClN3O4S/c20-16-10-14(28-19(16)29-15-7-5-13(21)6-8-15)11-22-23-18(25)9-12-3-1-2-4-17(12)24(26)27/h1-8,10-11H,9H2,(H,23,25)/b22-11-. The van der Waals surface area contributed by atoms with Crippen molar-refractivity contribution >= 4 is 57.1 Å². The van der Waals surface area contributed by atoms with Gasteiger partial charge in [-0.2, -0.15) is 5.10 Å². The van der Waals surface area contributed by atoms with Crippen molar-refractivity contribution in [3.05, 3.63) is 85.5 Å². The Bertz CT molecular complexity index is 1070. The summed E-state index contributed by atoms with van der Waals surface area (Å²) in [4.78, 5) is 23.4. The molecule has 0 radical (unpaired) electrons. The number of hydrazone groups is 1. The van der Waals surface area contributed by atoms with Crippen molar-refractivity contribution in [3.63, 3.8) is 0 Å². The predicted molar refractivity (Wildman–Crippen MR) is 115 cm³/mol. The van der Waals surface area contributed by atoms with Crippen LogP contribution >= 0.6 is 39.3 Å². The van der Waals surface area contributed by atoms with Gasteiger partial charge >= 0.3 is 0 Å². The number of nitro benzene ring substituents is 1. The summed E-state index contributed by atoms with van der Waals surface area (Å²) in [5, 5.41) is 16.1. The minimum absolute atomic E-state index is 0.106. The number of hydrogen-bond donors (Lipinski definition) is 1. The summed E-state index contributed by atoms with van der Waals surface area (Å²) in [6, 6.07) is 15.1. The highest BCUT2D eigenvalue weighted by Gasteiger charge is 2.15. The largest absolute Gasteiger partial charge is 0.447 e. The van der Waals surface area contributed by atoms with Crippen LogP contribution in [0, 0.1) is 10.1 Å². The van der Waals surface area contributed by atoms with Gasteiger partial charge in [-0.15, -0.1) is 0 Å². The van der Waals surface area contributed by atoms with Crippen LogP contribution in [0.4, 0.5) is 5.69 Å². The number of para-hydroxylation sites is 1. The van der Waals surface area contributed by atoms with Gasteiger partial charge in [0.15, 0.2) is 5.09 Å². The fourth-order valence-corrected chi connectivity index (χ4v) is 3.79. The van der Waals surface area contributed by atoms with E-state index in [1.54, 1.807) is 30.3 Å². The number of carbonyl (C=O) groups is 1. The highest BCUT2D eigenvalue weighted by molar-refractivity contribution is 9.10. The monoisotopic (exact) mass is 493 g/mol. The highest BCUT2D eigenvalue weighted by Crippen LogP contribution is 2.35. The van der Waals surface area contributed by atoms with Crippen molar-refractivity contribution in [2.24, 2.45) is 5.10 Å². The van der Waals surface area contributed by atoms with Gasteiger partial charge in [-0.25, -0.2) is 5.43 Å². The molecule has 148 valence electrons. The molecule has 0 unspecified atom stereocenters. The summed E-state index contributed by atoms with van der Waals surface area (Å²) in [5.74, 6) is -0.0451. The molecule has 1 amide bonds. The van der Waals surface area contributed by atoms with E-state index in [4.69, 9.17) is 16.0 Å². The Balaban J connectivity index is 1.60. The fourth-order valence-electron chi connectivity index (χ4n) is 2.33. The molecule has 10 heteroatoms. The van der Waals surface area contributed by atoms with Gasteiger partial charge < -0.3 is 4.42 Å². The van der Waals surface area contributed by atoms with Crippen LogP contribution < -0.4 is 5.43 Å². The van der Waals surface area contributed by atoms with Crippen LogP contribution in [0.15, 0.2) is 78.6 Å². The average molecular weight is 495 g/mol. The number of halogens is 2. The van der Waals surface area contributed by atoms with Gasteiger partial charge in [0.1, 0.15) is 5.76 Å². The van der Waals surface area contributed by atoms with Crippen molar-refractivity contribution < 1.29 is 14.1 Å². The molecule has 0 saturated carbocycles. The van der Waals surface area contributed by atoms with Gasteiger partial charge in [-0.1, -0.05) is 41.6 Å². The molecule has 0 bridgehead atoms. The first-order chi connectivity index (χ1) is 13.9. The van der Waals surface area contributed by atoms with Crippen LogP contribution in [0.1, 0.15) is 11.3 Å². The van der Waals surface area contributed by atoms with Gasteiger partial charge in [0.25, 0.3) is 5.69 Å². The lowest BCUT2D eigenvalue weighted by Gasteiger charge is -2.01. The lowest BCUT2D eigenvalue weighted by atomic mass is 10.1. The fraction of sp³-hybridized carbons (Fsp3) is 0.0526. The lowest BCUT2D eigenvalue weighted by molar-refractivity contribution is -0.385. The Hall–Kier alpha value is -2.62. The first-order valence-corrected chi connectivity index (χ1v) is 10.2. The van der Waals surface area contributed by atoms with E-state index < -0.39 is 10.8 Å². The summed E-state index contributed by atoms with van der Waals surface area (Å²) >= 11 is 10.7. The van der Waals surface area contributed by atoms with Crippen LogP contribution in [-0.2, 0) is 11.2 Å². The van der Waals surface area contributed by atoms with Crippen molar-refractivity contribution in [2.45, 2.75) is 16.4 Å². The quantitative estimate of drug-likeness (QED) is 0.268. The second-order valence-electron chi connectivity index (χ2n) is 5.70.